The van der Waals surface area contributed by atoms with Crippen LogP contribution < -0.4 is 19.7 Å². The standard InChI is InChI=1S/C22H22N4O4S/c1-13-6-4-5-7-18(13)26-12-15(10-19(26)27)21-24-25-22(31-21)23-20(28)14-8-16(29-2)11-17(9-14)30-3/h4-9,11,15H,10,12H2,1-3H3,(H,23,25,28)/t15-/m1/s1. The fourth-order valence-electron chi connectivity index (χ4n) is 3.53. The fraction of sp³-hybridized carbons (Fsp3) is 0.273. The van der Waals surface area contributed by atoms with Gasteiger partial charge in [0, 0.05) is 36.2 Å². The summed E-state index contributed by atoms with van der Waals surface area (Å²) in [6, 6.07) is 12.7. The summed E-state index contributed by atoms with van der Waals surface area (Å²) < 4.78 is 10.4. The third-order valence-corrected chi connectivity index (χ3v) is 6.16. The number of ether oxygens (including phenoxy) is 2. The molecule has 8 nitrogen and oxygen atoms in total. The summed E-state index contributed by atoms with van der Waals surface area (Å²) in [4.78, 5) is 27.0. The third-order valence-electron chi connectivity index (χ3n) is 5.16. The van der Waals surface area contributed by atoms with E-state index in [1.165, 1.54) is 25.6 Å². The van der Waals surface area contributed by atoms with Gasteiger partial charge in [-0.1, -0.05) is 29.5 Å². The van der Waals surface area contributed by atoms with E-state index in [0.29, 0.717) is 35.2 Å². The van der Waals surface area contributed by atoms with Crippen LogP contribution in [0.4, 0.5) is 10.8 Å². The number of hydrogen-bond acceptors (Lipinski definition) is 7. The van der Waals surface area contributed by atoms with E-state index in [-0.39, 0.29) is 17.7 Å². The Morgan fingerprint density at radius 3 is 2.52 bits per heavy atom. The minimum atomic E-state index is -0.344. The molecule has 1 fully saturated rings. The van der Waals surface area contributed by atoms with Crippen LogP contribution >= 0.6 is 11.3 Å². The van der Waals surface area contributed by atoms with Crippen LogP contribution in [0, 0.1) is 6.92 Å². The average molecular weight is 439 g/mol. The number of benzene rings is 2. The Kier molecular flexibility index (Phi) is 5.85. The van der Waals surface area contributed by atoms with Crippen molar-refractivity contribution in [2.75, 3.05) is 31.0 Å². The predicted octanol–water partition coefficient (Wildman–Crippen LogP) is 3.64. The van der Waals surface area contributed by atoms with Crippen molar-refractivity contribution < 1.29 is 19.1 Å². The van der Waals surface area contributed by atoms with Gasteiger partial charge in [-0.25, -0.2) is 0 Å². The van der Waals surface area contributed by atoms with E-state index >= 15 is 0 Å². The minimum Gasteiger partial charge on any atom is -0.497 e. The smallest absolute Gasteiger partial charge is 0.257 e. The summed E-state index contributed by atoms with van der Waals surface area (Å²) in [7, 11) is 3.05. The highest BCUT2D eigenvalue weighted by atomic mass is 32.1. The summed E-state index contributed by atoms with van der Waals surface area (Å²) in [6.07, 6.45) is 0.365. The Morgan fingerprint density at radius 2 is 1.84 bits per heavy atom. The number of aromatic nitrogens is 2. The van der Waals surface area contributed by atoms with Gasteiger partial charge in [0.15, 0.2) is 0 Å². The van der Waals surface area contributed by atoms with Crippen molar-refractivity contribution in [3.8, 4) is 11.5 Å². The van der Waals surface area contributed by atoms with Crippen LogP contribution in [0.5, 0.6) is 11.5 Å². The molecule has 0 bridgehead atoms. The van der Waals surface area contributed by atoms with Gasteiger partial charge in [0.25, 0.3) is 5.91 Å². The second-order valence-electron chi connectivity index (χ2n) is 7.19. The molecule has 9 heteroatoms. The Balaban J connectivity index is 1.47. The molecule has 1 saturated heterocycles. The quantitative estimate of drug-likeness (QED) is 0.632. The van der Waals surface area contributed by atoms with Crippen molar-refractivity contribution in [2.24, 2.45) is 0 Å². The van der Waals surface area contributed by atoms with Gasteiger partial charge in [-0.15, -0.1) is 10.2 Å². The van der Waals surface area contributed by atoms with Crippen molar-refractivity contribution in [1.29, 1.82) is 0 Å². The number of anilines is 2. The van der Waals surface area contributed by atoms with Crippen LogP contribution in [0.1, 0.15) is 33.3 Å². The van der Waals surface area contributed by atoms with Gasteiger partial charge in [0.1, 0.15) is 16.5 Å². The monoisotopic (exact) mass is 438 g/mol. The van der Waals surface area contributed by atoms with Crippen molar-refractivity contribution in [2.45, 2.75) is 19.3 Å². The van der Waals surface area contributed by atoms with Crippen molar-refractivity contribution in [3.63, 3.8) is 0 Å². The molecule has 0 spiro atoms. The lowest BCUT2D eigenvalue weighted by Gasteiger charge is -2.18. The van der Waals surface area contributed by atoms with E-state index in [4.69, 9.17) is 9.47 Å². The molecule has 2 aromatic carbocycles. The molecule has 160 valence electrons. The van der Waals surface area contributed by atoms with E-state index in [1.54, 1.807) is 23.1 Å². The molecule has 0 unspecified atom stereocenters. The van der Waals surface area contributed by atoms with Gasteiger partial charge >= 0.3 is 0 Å². The number of rotatable bonds is 6. The molecule has 0 aliphatic carbocycles. The summed E-state index contributed by atoms with van der Waals surface area (Å²) in [5, 5.41) is 12.2. The van der Waals surface area contributed by atoms with Gasteiger partial charge in [0.2, 0.25) is 11.0 Å². The van der Waals surface area contributed by atoms with Crippen LogP contribution in [0.2, 0.25) is 0 Å². The molecule has 0 radical (unpaired) electrons. The zero-order valence-corrected chi connectivity index (χ0v) is 18.2. The molecular formula is C22H22N4O4S. The number of nitrogens with one attached hydrogen (secondary N) is 1. The number of methoxy groups -OCH3 is 2. The van der Waals surface area contributed by atoms with Gasteiger partial charge in [-0.2, -0.15) is 0 Å². The van der Waals surface area contributed by atoms with Crippen molar-refractivity contribution in [1.82, 2.24) is 10.2 Å². The van der Waals surface area contributed by atoms with E-state index in [0.717, 1.165) is 16.3 Å². The molecule has 4 rings (SSSR count). The predicted molar refractivity (Wildman–Crippen MR) is 118 cm³/mol. The molecular weight excluding hydrogens is 416 g/mol. The molecule has 0 saturated carbocycles. The summed E-state index contributed by atoms with van der Waals surface area (Å²) in [5.74, 6) is 0.686. The molecule has 1 aliphatic heterocycles. The third kappa shape index (κ3) is 4.36. The minimum absolute atomic E-state index is 0.0589. The molecule has 31 heavy (non-hydrogen) atoms. The van der Waals surface area contributed by atoms with Crippen LogP contribution in [0.3, 0.4) is 0 Å². The Hall–Kier alpha value is -3.46. The summed E-state index contributed by atoms with van der Waals surface area (Å²) >= 11 is 1.28. The number of amides is 2. The van der Waals surface area contributed by atoms with E-state index in [2.05, 4.69) is 15.5 Å². The highest BCUT2D eigenvalue weighted by Gasteiger charge is 2.34. The zero-order valence-electron chi connectivity index (χ0n) is 17.4. The lowest BCUT2D eigenvalue weighted by Crippen LogP contribution is -2.25. The second-order valence-corrected chi connectivity index (χ2v) is 8.20. The van der Waals surface area contributed by atoms with Gasteiger partial charge in [-0.05, 0) is 30.7 Å². The summed E-state index contributed by atoms with van der Waals surface area (Å²) in [5.41, 5.74) is 2.35. The molecule has 1 N–H and O–H groups in total. The summed E-state index contributed by atoms with van der Waals surface area (Å²) in [6.45, 7) is 2.53. The van der Waals surface area contributed by atoms with Crippen LogP contribution in [-0.2, 0) is 4.79 Å². The lowest BCUT2D eigenvalue weighted by atomic mass is 10.1. The maximum atomic E-state index is 12.7. The topological polar surface area (TPSA) is 93.6 Å². The fourth-order valence-corrected chi connectivity index (χ4v) is 4.36. The van der Waals surface area contributed by atoms with Crippen LogP contribution in [0.15, 0.2) is 42.5 Å². The highest BCUT2D eigenvalue weighted by molar-refractivity contribution is 7.15. The first-order chi connectivity index (χ1) is 15.0. The highest BCUT2D eigenvalue weighted by Crippen LogP contribution is 2.35. The number of nitrogens with zero attached hydrogens (tertiary/aromatic N) is 3. The van der Waals surface area contributed by atoms with Crippen LogP contribution in [0.25, 0.3) is 0 Å². The number of carbonyl (C=O) groups is 2. The number of aryl methyl sites for hydroxylation is 1. The van der Waals surface area contributed by atoms with Crippen LogP contribution in [-0.4, -0.2) is 42.8 Å². The molecule has 2 heterocycles. The molecule has 1 aliphatic rings. The largest absolute Gasteiger partial charge is 0.497 e. The van der Waals surface area contributed by atoms with Gasteiger partial charge < -0.3 is 14.4 Å². The van der Waals surface area contributed by atoms with Gasteiger partial charge in [-0.3, -0.25) is 14.9 Å². The number of carbonyl (C=O) groups excluding carboxylic acids is 2. The maximum Gasteiger partial charge on any atom is 0.257 e. The molecule has 2 amide bonds. The SMILES string of the molecule is COc1cc(OC)cc(C(=O)Nc2nnc([C@@H]3CC(=O)N(c4ccccc4C)C3)s2)c1. The second kappa shape index (κ2) is 8.73. The first-order valence-electron chi connectivity index (χ1n) is 9.72. The molecule has 3 aromatic rings. The first kappa shape index (κ1) is 20.8. The zero-order chi connectivity index (χ0) is 22.0. The first-order valence-corrected chi connectivity index (χ1v) is 10.5. The van der Waals surface area contributed by atoms with Crippen molar-refractivity contribution in [3.05, 3.63) is 58.6 Å². The average Bonchev–Trinajstić information content (AvgIpc) is 3.40. The lowest BCUT2D eigenvalue weighted by molar-refractivity contribution is -0.117. The van der Waals surface area contributed by atoms with E-state index < -0.39 is 0 Å². The van der Waals surface area contributed by atoms with Gasteiger partial charge in [0.05, 0.1) is 14.2 Å². The van der Waals surface area contributed by atoms with E-state index in [1.807, 2.05) is 31.2 Å². The Labute approximate surface area is 183 Å². The maximum absolute atomic E-state index is 12.7. The number of hydrogen-bond donors (Lipinski definition) is 1. The molecule has 1 aromatic heterocycles. The normalized spacial score (nSPS) is 15.8. The number of para-hydroxylation sites is 1. The Bertz CT molecular complexity index is 1110. The Morgan fingerprint density at radius 1 is 1.13 bits per heavy atom. The molecule has 1 atom stereocenters. The van der Waals surface area contributed by atoms with Crippen molar-refractivity contribution >= 4 is 34.0 Å². The van der Waals surface area contributed by atoms with E-state index in [9.17, 15) is 9.59 Å².